The van der Waals surface area contributed by atoms with Gasteiger partial charge in [0.25, 0.3) is 5.91 Å². The van der Waals surface area contributed by atoms with Gasteiger partial charge in [0.15, 0.2) is 11.5 Å². The van der Waals surface area contributed by atoms with Crippen molar-refractivity contribution in [1.29, 1.82) is 0 Å². The number of nitrogens with zero attached hydrogens (tertiary/aromatic N) is 2. The Morgan fingerprint density at radius 1 is 0.969 bits per heavy atom. The van der Waals surface area contributed by atoms with Crippen LogP contribution in [0.3, 0.4) is 0 Å². The lowest BCUT2D eigenvalue weighted by Gasteiger charge is -2.17. The molecule has 0 bridgehead atoms. The van der Waals surface area contributed by atoms with Gasteiger partial charge in [0.2, 0.25) is 0 Å². The quantitative estimate of drug-likeness (QED) is 0.471. The van der Waals surface area contributed by atoms with E-state index in [0.29, 0.717) is 36.0 Å². The number of carbonyl (C=O) groups is 1. The summed E-state index contributed by atoms with van der Waals surface area (Å²) in [6.07, 6.45) is 0. The highest BCUT2D eigenvalue weighted by molar-refractivity contribution is 6.06. The van der Waals surface area contributed by atoms with Crippen LogP contribution < -0.4 is 15.2 Å². The fraction of sp³-hybridized carbons (Fsp3) is 0.154. The number of amides is 1. The lowest BCUT2D eigenvalue weighted by molar-refractivity contribution is 0.0762. The van der Waals surface area contributed by atoms with Crippen LogP contribution in [0.25, 0.3) is 22.0 Å². The van der Waals surface area contributed by atoms with E-state index in [1.165, 1.54) is 0 Å². The smallest absolute Gasteiger partial charge is 0.273 e. The number of aromatic nitrogens is 1. The van der Waals surface area contributed by atoms with Gasteiger partial charge < -0.3 is 20.1 Å². The van der Waals surface area contributed by atoms with Crippen molar-refractivity contribution in [1.82, 2.24) is 9.88 Å². The van der Waals surface area contributed by atoms with Gasteiger partial charge >= 0.3 is 0 Å². The van der Waals surface area contributed by atoms with Crippen molar-refractivity contribution >= 4 is 22.5 Å². The van der Waals surface area contributed by atoms with Crippen LogP contribution in [0.4, 0.5) is 5.69 Å². The molecule has 5 rings (SSSR count). The van der Waals surface area contributed by atoms with Gasteiger partial charge in [-0.1, -0.05) is 36.4 Å². The lowest BCUT2D eigenvalue weighted by atomic mass is 9.95. The fourth-order valence-corrected chi connectivity index (χ4v) is 4.33. The maximum absolute atomic E-state index is 13.4. The van der Waals surface area contributed by atoms with Crippen molar-refractivity contribution < 1.29 is 14.3 Å². The summed E-state index contributed by atoms with van der Waals surface area (Å²) in [4.78, 5) is 19.9. The molecule has 1 aliphatic rings. The average molecular weight is 425 g/mol. The maximum atomic E-state index is 13.4. The molecule has 0 saturated carbocycles. The van der Waals surface area contributed by atoms with Gasteiger partial charge in [-0.25, -0.2) is 4.98 Å². The number of fused-ring (bicyclic) bond motifs is 2. The Kier molecular flexibility index (Phi) is 4.90. The van der Waals surface area contributed by atoms with Crippen LogP contribution in [-0.4, -0.2) is 30.0 Å². The summed E-state index contributed by atoms with van der Waals surface area (Å²) in [5.41, 5.74) is 12.0. The minimum absolute atomic E-state index is 0.0781. The number of nitrogen functional groups attached to an aromatic ring is 1. The maximum Gasteiger partial charge on any atom is 0.273 e. The zero-order valence-electron chi connectivity index (χ0n) is 18.0. The lowest BCUT2D eigenvalue weighted by Crippen LogP contribution is -2.23. The number of carbonyl (C=O) groups excluding carboxylic acids is 1. The molecular formula is C26H23N3O3. The Balaban J connectivity index is 1.59. The highest BCUT2D eigenvalue weighted by Gasteiger charge is 2.33. The van der Waals surface area contributed by atoms with Crippen molar-refractivity contribution in [3.05, 3.63) is 83.6 Å². The minimum atomic E-state index is -0.0781. The monoisotopic (exact) mass is 425 g/mol. The molecule has 2 heterocycles. The average Bonchev–Trinajstić information content (AvgIpc) is 3.12. The molecule has 0 unspecified atom stereocenters. The fourth-order valence-electron chi connectivity index (χ4n) is 4.33. The van der Waals surface area contributed by atoms with Gasteiger partial charge in [-0.2, -0.15) is 0 Å². The first kappa shape index (κ1) is 19.9. The zero-order valence-corrected chi connectivity index (χ0v) is 18.0. The molecule has 3 aromatic carbocycles. The topological polar surface area (TPSA) is 77.7 Å². The number of hydrogen-bond donors (Lipinski definition) is 1. The van der Waals surface area contributed by atoms with Crippen LogP contribution in [0.15, 0.2) is 66.7 Å². The van der Waals surface area contributed by atoms with Gasteiger partial charge in [0.1, 0.15) is 5.69 Å². The van der Waals surface area contributed by atoms with E-state index in [9.17, 15) is 4.79 Å². The first-order chi connectivity index (χ1) is 15.6. The highest BCUT2D eigenvalue weighted by atomic mass is 16.5. The molecule has 0 fully saturated rings. The van der Waals surface area contributed by atoms with Crippen molar-refractivity contribution in [3.63, 3.8) is 0 Å². The zero-order chi connectivity index (χ0) is 22.2. The Morgan fingerprint density at radius 3 is 2.50 bits per heavy atom. The predicted octanol–water partition coefficient (Wildman–Crippen LogP) is 4.66. The van der Waals surface area contributed by atoms with Gasteiger partial charge in [-0.3, -0.25) is 4.79 Å². The van der Waals surface area contributed by atoms with E-state index in [0.717, 1.165) is 33.2 Å². The number of hydrogen-bond acceptors (Lipinski definition) is 5. The van der Waals surface area contributed by atoms with E-state index >= 15 is 0 Å². The molecule has 160 valence electrons. The van der Waals surface area contributed by atoms with Gasteiger partial charge in [0.05, 0.1) is 19.7 Å². The normalized spacial score (nSPS) is 12.8. The molecule has 1 aliphatic heterocycles. The summed E-state index contributed by atoms with van der Waals surface area (Å²) in [6.45, 7) is 0.923. The van der Waals surface area contributed by atoms with Crippen LogP contribution in [0.2, 0.25) is 0 Å². The molecule has 1 amide bonds. The number of methoxy groups -OCH3 is 2. The second kappa shape index (κ2) is 7.89. The molecule has 0 aliphatic carbocycles. The van der Waals surface area contributed by atoms with E-state index in [1.807, 2.05) is 59.5 Å². The summed E-state index contributed by atoms with van der Waals surface area (Å²) in [7, 11) is 3.21. The molecule has 32 heavy (non-hydrogen) atoms. The molecule has 0 atom stereocenters. The van der Waals surface area contributed by atoms with Crippen LogP contribution in [-0.2, 0) is 13.1 Å². The summed E-state index contributed by atoms with van der Waals surface area (Å²) < 4.78 is 10.7. The van der Waals surface area contributed by atoms with E-state index in [-0.39, 0.29) is 5.91 Å². The molecule has 6 heteroatoms. The van der Waals surface area contributed by atoms with Crippen molar-refractivity contribution in [2.75, 3.05) is 20.0 Å². The number of rotatable bonds is 5. The van der Waals surface area contributed by atoms with E-state index in [2.05, 4.69) is 12.1 Å². The second-order valence-corrected chi connectivity index (χ2v) is 7.81. The molecule has 4 aromatic rings. The Bertz CT molecular complexity index is 1340. The second-order valence-electron chi connectivity index (χ2n) is 7.81. The summed E-state index contributed by atoms with van der Waals surface area (Å²) in [5.74, 6) is 1.22. The van der Waals surface area contributed by atoms with Crippen LogP contribution in [0.1, 0.15) is 21.6 Å². The Hall–Kier alpha value is -4.06. The predicted molar refractivity (Wildman–Crippen MR) is 125 cm³/mol. The van der Waals surface area contributed by atoms with Gasteiger partial charge in [-0.05, 0) is 47.0 Å². The third-order valence-corrected chi connectivity index (χ3v) is 5.83. The summed E-state index contributed by atoms with van der Waals surface area (Å²) in [5, 5.41) is 0.954. The van der Waals surface area contributed by atoms with E-state index < -0.39 is 0 Å². The SMILES string of the molecule is COc1ccc(CN2Cc3c(nc4ccc(N)cc4c3-c3ccccc3)C2=O)cc1OC. The van der Waals surface area contributed by atoms with Crippen LogP contribution >= 0.6 is 0 Å². The van der Waals surface area contributed by atoms with Crippen LogP contribution in [0.5, 0.6) is 11.5 Å². The van der Waals surface area contributed by atoms with Crippen molar-refractivity contribution in [2.24, 2.45) is 0 Å². The molecular weight excluding hydrogens is 402 g/mol. The summed E-state index contributed by atoms with van der Waals surface area (Å²) >= 11 is 0. The largest absolute Gasteiger partial charge is 0.493 e. The van der Waals surface area contributed by atoms with Crippen molar-refractivity contribution in [3.8, 4) is 22.6 Å². The first-order valence-corrected chi connectivity index (χ1v) is 10.4. The molecule has 2 N–H and O–H groups in total. The van der Waals surface area contributed by atoms with E-state index in [4.69, 9.17) is 20.2 Å². The van der Waals surface area contributed by atoms with Crippen LogP contribution in [0, 0.1) is 0 Å². The first-order valence-electron chi connectivity index (χ1n) is 10.4. The third kappa shape index (κ3) is 3.30. The standard InChI is InChI=1S/C26H23N3O3/c1-31-22-11-8-16(12-23(22)32-2)14-29-15-20-24(17-6-4-3-5-7-17)19-13-18(27)9-10-21(19)28-25(20)26(29)30/h3-13H,14-15,27H2,1-2H3. The summed E-state index contributed by atoms with van der Waals surface area (Å²) in [6, 6.07) is 21.4. The third-order valence-electron chi connectivity index (χ3n) is 5.83. The number of anilines is 1. The number of benzene rings is 3. The van der Waals surface area contributed by atoms with Crippen molar-refractivity contribution in [2.45, 2.75) is 13.1 Å². The van der Waals surface area contributed by atoms with E-state index in [1.54, 1.807) is 14.2 Å². The molecule has 0 spiro atoms. The number of ether oxygens (including phenoxy) is 2. The number of nitrogens with two attached hydrogens (primary N) is 1. The Morgan fingerprint density at radius 2 is 1.75 bits per heavy atom. The minimum Gasteiger partial charge on any atom is -0.493 e. The molecule has 0 radical (unpaired) electrons. The molecule has 0 saturated heterocycles. The highest BCUT2D eigenvalue weighted by Crippen LogP contribution is 2.38. The van der Waals surface area contributed by atoms with Gasteiger partial charge in [-0.15, -0.1) is 0 Å². The number of pyridine rings is 1. The Labute approximate surface area is 186 Å². The van der Waals surface area contributed by atoms with Gasteiger partial charge in [0, 0.05) is 29.7 Å². The molecule has 1 aromatic heterocycles. The molecule has 6 nitrogen and oxygen atoms in total.